The van der Waals surface area contributed by atoms with Gasteiger partial charge in [0.25, 0.3) is 11.6 Å². The second-order valence-electron chi connectivity index (χ2n) is 5.54. The number of hydrogen-bond donors (Lipinski definition) is 1. The van der Waals surface area contributed by atoms with Gasteiger partial charge in [-0.2, -0.15) is 5.10 Å². The first kappa shape index (κ1) is 18.0. The van der Waals surface area contributed by atoms with Crippen molar-refractivity contribution in [2.24, 2.45) is 0 Å². The van der Waals surface area contributed by atoms with E-state index in [2.05, 4.69) is 10.1 Å². The maximum absolute atomic E-state index is 12.6. The van der Waals surface area contributed by atoms with Gasteiger partial charge in [-0.1, -0.05) is 0 Å². The van der Waals surface area contributed by atoms with E-state index in [4.69, 9.17) is 5.11 Å². The molecule has 0 aliphatic rings. The topological polar surface area (TPSA) is 131 Å². The van der Waals surface area contributed by atoms with Crippen LogP contribution < -0.4 is 0 Å². The monoisotopic (exact) mass is 347 g/mol. The third-order valence-corrected chi connectivity index (χ3v) is 3.54. The highest BCUT2D eigenvalue weighted by Crippen LogP contribution is 2.24. The molecule has 1 heterocycles. The van der Waals surface area contributed by atoms with Gasteiger partial charge in [-0.15, -0.1) is 0 Å². The Balaban J connectivity index is 2.38. The van der Waals surface area contributed by atoms with Gasteiger partial charge in [0.1, 0.15) is 18.3 Å². The summed E-state index contributed by atoms with van der Waals surface area (Å²) in [5.41, 5.74) is -0.00590. The molecule has 10 heteroatoms. The van der Waals surface area contributed by atoms with Crippen LogP contribution in [0.3, 0.4) is 0 Å². The lowest BCUT2D eigenvalue weighted by Gasteiger charge is -2.26. The Bertz CT molecular complexity index is 788. The average molecular weight is 347 g/mol. The number of aliphatic carboxylic acids is 1. The minimum atomic E-state index is -1.02. The Hall–Kier alpha value is -3.30. The maximum atomic E-state index is 12.6. The highest BCUT2D eigenvalue weighted by atomic mass is 16.6. The molecule has 0 aliphatic heterocycles. The Morgan fingerprint density at radius 1 is 1.40 bits per heavy atom. The molecule has 2 rings (SSSR count). The quantitative estimate of drug-likeness (QED) is 0.593. The molecule has 132 valence electrons. The minimum Gasteiger partial charge on any atom is -0.481 e. The molecule has 0 radical (unpaired) electrons. The number of hydrogen-bond acceptors (Lipinski definition) is 6. The van der Waals surface area contributed by atoms with E-state index >= 15 is 0 Å². The first-order valence-corrected chi connectivity index (χ1v) is 7.47. The van der Waals surface area contributed by atoms with Crippen molar-refractivity contribution in [1.82, 2.24) is 19.7 Å². The Labute approximate surface area is 142 Å². The standard InChI is InChI=1S/C15H17N5O5/c1-10(2)18(6-5-14(21)22)15(23)11-3-4-12(13(7-11)20(24)25)19-9-16-8-17-19/h3-4,7-10H,5-6H2,1-2H3,(H,21,22). The zero-order chi connectivity index (χ0) is 18.6. The Kier molecular flexibility index (Phi) is 5.42. The molecule has 0 spiro atoms. The summed E-state index contributed by atoms with van der Waals surface area (Å²) in [4.78, 5) is 39.3. The Morgan fingerprint density at radius 2 is 2.12 bits per heavy atom. The lowest BCUT2D eigenvalue weighted by atomic mass is 10.1. The zero-order valence-electron chi connectivity index (χ0n) is 13.7. The van der Waals surface area contributed by atoms with Gasteiger partial charge in [0.15, 0.2) is 0 Å². The van der Waals surface area contributed by atoms with Gasteiger partial charge in [0.2, 0.25) is 0 Å². The number of carbonyl (C=O) groups is 2. The number of benzene rings is 1. The van der Waals surface area contributed by atoms with Crippen molar-refractivity contribution in [3.63, 3.8) is 0 Å². The lowest BCUT2D eigenvalue weighted by Crippen LogP contribution is -2.38. The number of nitro benzene ring substituents is 1. The maximum Gasteiger partial charge on any atom is 0.305 e. The predicted octanol–water partition coefficient (Wildman–Crippen LogP) is 1.50. The van der Waals surface area contributed by atoms with Crippen molar-refractivity contribution in [3.05, 3.63) is 46.5 Å². The summed E-state index contributed by atoms with van der Waals surface area (Å²) >= 11 is 0. The normalized spacial score (nSPS) is 10.7. The number of aromatic nitrogens is 3. The number of nitrogens with zero attached hydrogens (tertiary/aromatic N) is 5. The van der Waals surface area contributed by atoms with Crippen molar-refractivity contribution < 1.29 is 19.6 Å². The molecule has 0 aliphatic carbocycles. The second kappa shape index (κ2) is 7.51. The second-order valence-corrected chi connectivity index (χ2v) is 5.54. The van der Waals surface area contributed by atoms with Crippen LogP contribution in [0.2, 0.25) is 0 Å². The molecule has 0 fully saturated rings. The van der Waals surface area contributed by atoms with Gasteiger partial charge >= 0.3 is 5.97 Å². The van der Waals surface area contributed by atoms with E-state index in [0.29, 0.717) is 0 Å². The van der Waals surface area contributed by atoms with Gasteiger partial charge in [-0.3, -0.25) is 19.7 Å². The van der Waals surface area contributed by atoms with Crippen LogP contribution in [0.15, 0.2) is 30.9 Å². The van der Waals surface area contributed by atoms with Gasteiger partial charge in [0, 0.05) is 24.2 Å². The van der Waals surface area contributed by atoms with Gasteiger partial charge in [-0.25, -0.2) is 9.67 Å². The van der Waals surface area contributed by atoms with E-state index in [0.717, 1.165) is 6.07 Å². The van der Waals surface area contributed by atoms with E-state index in [-0.39, 0.29) is 35.9 Å². The number of carboxylic acids is 1. The average Bonchev–Trinajstić information content (AvgIpc) is 3.07. The van der Waals surface area contributed by atoms with Crippen LogP contribution in [0.1, 0.15) is 30.6 Å². The van der Waals surface area contributed by atoms with E-state index in [1.165, 1.54) is 34.4 Å². The smallest absolute Gasteiger partial charge is 0.305 e. The van der Waals surface area contributed by atoms with Crippen LogP contribution in [0.5, 0.6) is 0 Å². The molecule has 0 saturated carbocycles. The number of nitro groups is 1. The van der Waals surface area contributed by atoms with Crippen molar-refractivity contribution in [2.75, 3.05) is 6.54 Å². The summed E-state index contributed by atoms with van der Waals surface area (Å²) in [6.07, 6.45) is 2.36. The fourth-order valence-corrected chi connectivity index (χ4v) is 2.31. The molecule has 1 aromatic carbocycles. The van der Waals surface area contributed by atoms with Crippen molar-refractivity contribution >= 4 is 17.6 Å². The van der Waals surface area contributed by atoms with E-state index < -0.39 is 16.8 Å². The molecule has 10 nitrogen and oxygen atoms in total. The number of carboxylic acid groups (broad SMARTS) is 1. The predicted molar refractivity (Wildman–Crippen MR) is 86.4 cm³/mol. The lowest BCUT2D eigenvalue weighted by molar-refractivity contribution is -0.384. The molecule has 25 heavy (non-hydrogen) atoms. The van der Waals surface area contributed by atoms with Crippen LogP contribution >= 0.6 is 0 Å². The molecule has 2 aromatic rings. The summed E-state index contributed by atoms with van der Waals surface area (Å²) in [6.45, 7) is 3.51. The summed E-state index contributed by atoms with van der Waals surface area (Å²) in [5.74, 6) is -1.49. The third kappa shape index (κ3) is 4.16. The SMILES string of the molecule is CC(C)N(CCC(=O)O)C(=O)c1ccc(-n2cncn2)c([N+](=O)[O-])c1. The van der Waals surface area contributed by atoms with E-state index in [1.807, 2.05) is 0 Å². The largest absolute Gasteiger partial charge is 0.481 e. The zero-order valence-corrected chi connectivity index (χ0v) is 13.7. The molecule has 0 unspecified atom stereocenters. The molecular formula is C15H17N5O5. The summed E-state index contributed by atoms with van der Waals surface area (Å²) in [7, 11) is 0. The number of amides is 1. The van der Waals surface area contributed by atoms with Gasteiger partial charge in [0.05, 0.1) is 11.3 Å². The summed E-state index contributed by atoms with van der Waals surface area (Å²) in [6, 6.07) is 3.77. The first-order valence-electron chi connectivity index (χ1n) is 7.47. The molecule has 0 atom stereocenters. The number of carbonyl (C=O) groups excluding carboxylic acids is 1. The van der Waals surface area contributed by atoms with Gasteiger partial charge < -0.3 is 10.0 Å². The van der Waals surface area contributed by atoms with Crippen molar-refractivity contribution in [3.8, 4) is 5.69 Å². The van der Waals surface area contributed by atoms with E-state index in [9.17, 15) is 19.7 Å². The Morgan fingerprint density at radius 3 is 2.64 bits per heavy atom. The van der Waals surface area contributed by atoms with Gasteiger partial charge in [-0.05, 0) is 26.0 Å². The van der Waals surface area contributed by atoms with Crippen LogP contribution in [0.25, 0.3) is 5.69 Å². The third-order valence-electron chi connectivity index (χ3n) is 3.54. The van der Waals surface area contributed by atoms with Crippen LogP contribution in [0.4, 0.5) is 5.69 Å². The van der Waals surface area contributed by atoms with Crippen LogP contribution in [0, 0.1) is 10.1 Å². The van der Waals surface area contributed by atoms with Crippen molar-refractivity contribution in [1.29, 1.82) is 0 Å². The van der Waals surface area contributed by atoms with Crippen LogP contribution in [-0.2, 0) is 4.79 Å². The van der Waals surface area contributed by atoms with Crippen molar-refractivity contribution in [2.45, 2.75) is 26.3 Å². The summed E-state index contributed by atoms with van der Waals surface area (Å²) < 4.78 is 1.23. The van der Waals surface area contributed by atoms with Crippen LogP contribution in [-0.4, -0.2) is 54.2 Å². The molecule has 0 bridgehead atoms. The highest BCUT2D eigenvalue weighted by molar-refractivity contribution is 5.95. The fourth-order valence-electron chi connectivity index (χ4n) is 2.31. The fraction of sp³-hybridized carbons (Fsp3) is 0.333. The molecule has 0 saturated heterocycles. The minimum absolute atomic E-state index is 0.0183. The first-order chi connectivity index (χ1) is 11.8. The van der Waals surface area contributed by atoms with E-state index in [1.54, 1.807) is 13.8 Å². The number of rotatable bonds is 7. The molecule has 1 N–H and O–H groups in total. The molecule has 1 aromatic heterocycles. The molecule has 1 amide bonds. The summed E-state index contributed by atoms with van der Waals surface area (Å²) in [5, 5.41) is 24.0. The highest BCUT2D eigenvalue weighted by Gasteiger charge is 2.24. The molecular weight excluding hydrogens is 330 g/mol.